The molecule has 0 bridgehead atoms. The first-order valence-electron chi connectivity index (χ1n) is 8.29. The lowest BCUT2D eigenvalue weighted by Gasteiger charge is -2.07. The Kier molecular flexibility index (Phi) is 4.87. The molecular weight excluding hydrogens is 336 g/mol. The molecular formula is C17H20N6O3. The van der Waals surface area contributed by atoms with Crippen molar-refractivity contribution in [3.63, 3.8) is 0 Å². The second-order valence-electron chi connectivity index (χ2n) is 5.86. The highest BCUT2D eigenvalue weighted by atomic mass is 16.3. The summed E-state index contributed by atoms with van der Waals surface area (Å²) in [5.41, 5.74) is 2.95. The van der Waals surface area contributed by atoms with Gasteiger partial charge in [0.1, 0.15) is 5.75 Å². The number of H-pyrrole nitrogens is 1. The summed E-state index contributed by atoms with van der Waals surface area (Å²) in [7, 11) is 1.55. The summed E-state index contributed by atoms with van der Waals surface area (Å²) in [6.45, 7) is 2.60. The van der Waals surface area contributed by atoms with Crippen molar-refractivity contribution in [2.45, 2.75) is 26.3 Å². The van der Waals surface area contributed by atoms with Crippen LogP contribution in [0.1, 0.15) is 25.3 Å². The van der Waals surface area contributed by atoms with Gasteiger partial charge >= 0.3 is 5.69 Å². The largest absolute Gasteiger partial charge is 0.507 e. The van der Waals surface area contributed by atoms with E-state index in [4.69, 9.17) is 0 Å². The Labute approximate surface area is 148 Å². The fourth-order valence-corrected chi connectivity index (χ4v) is 2.61. The summed E-state index contributed by atoms with van der Waals surface area (Å²) in [4.78, 5) is 30.7. The van der Waals surface area contributed by atoms with Gasteiger partial charge in [0.05, 0.1) is 6.21 Å². The Morgan fingerprint density at radius 3 is 2.85 bits per heavy atom. The summed E-state index contributed by atoms with van der Waals surface area (Å²) in [6, 6.07) is 6.78. The maximum atomic E-state index is 12.3. The molecule has 0 spiro atoms. The van der Waals surface area contributed by atoms with Crippen LogP contribution in [0, 0.1) is 0 Å². The molecule has 0 aliphatic carbocycles. The lowest BCUT2D eigenvalue weighted by Crippen LogP contribution is -2.29. The number of anilines is 1. The second-order valence-corrected chi connectivity index (χ2v) is 5.86. The molecule has 2 aromatic heterocycles. The maximum Gasteiger partial charge on any atom is 0.329 e. The van der Waals surface area contributed by atoms with Gasteiger partial charge in [-0.15, -0.1) is 0 Å². The molecule has 136 valence electrons. The Morgan fingerprint density at radius 2 is 2.12 bits per heavy atom. The van der Waals surface area contributed by atoms with E-state index in [0.29, 0.717) is 23.6 Å². The summed E-state index contributed by atoms with van der Waals surface area (Å²) in [6.07, 6.45) is 3.23. The van der Waals surface area contributed by atoms with Crippen LogP contribution >= 0.6 is 0 Å². The summed E-state index contributed by atoms with van der Waals surface area (Å²) >= 11 is 0. The molecule has 3 aromatic rings. The molecule has 0 aliphatic rings. The number of aromatic hydroxyl groups is 1. The third-order valence-electron chi connectivity index (χ3n) is 4.05. The van der Waals surface area contributed by atoms with E-state index in [1.807, 2.05) is 6.92 Å². The van der Waals surface area contributed by atoms with Gasteiger partial charge in [0.15, 0.2) is 11.2 Å². The van der Waals surface area contributed by atoms with E-state index in [9.17, 15) is 14.7 Å². The monoisotopic (exact) mass is 356 g/mol. The van der Waals surface area contributed by atoms with Crippen molar-refractivity contribution in [3.8, 4) is 5.75 Å². The number of phenols is 1. The first-order valence-corrected chi connectivity index (χ1v) is 8.29. The zero-order valence-corrected chi connectivity index (χ0v) is 14.6. The highest BCUT2D eigenvalue weighted by Crippen LogP contribution is 2.17. The quantitative estimate of drug-likeness (QED) is 0.455. The van der Waals surface area contributed by atoms with E-state index < -0.39 is 11.2 Å². The van der Waals surface area contributed by atoms with Gasteiger partial charge in [-0.25, -0.2) is 10.2 Å². The van der Waals surface area contributed by atoms with Crippen LogP contribution in [0.5, 0.6) is 5.75 Å². The van der Waals surface area contributed by atoms with Crippen LogP contribution in [-0.2, 0) is 13.6 Å². The molecule has 0 aliphatic heterocycles. The van der Waals surface area contributed by atoms with Crippen LogP contribution in [0.4, 0.5) is 5.95 Å². The molecule has 9 heteroatoms. The molecule has 3 N–H and O–H groups in total. The number of unbranched alkanes of at least 4 members (excludes halogenated alkanes) is 1. The number of para-hydroxylation sites is 1. The number of hydrogen-bond acceptors (Lipinski definition) is 6. The zero-order chi connectivity index (χ0) is 18.7. The van der Waals surface area contributed by atoms with Gasteiger partial charge < -0.3 is 9.67 Å². The number of aromatic amines is 1. The zero-order valence-electron chi connectivity index (χ0n) is 14.6. The predicted molar refractivity (Wildman–Crippen MR) is 99.8 cm³/mol. The number of benzene rings is 1. The normalized spacial score (nSPS) is 11.5. The van der Waals surface area contributed by atoms with Gasteiger partial charge in [-0.1, -0.05) is 25.5 Å². The Bertz CT molecular complexity index is 1080. The van der Waals surface area contributed by atoms with Gasteiger partial charge in [-0.2, -0.15) is 10.1 Å². The minimum Gasteiger partial charge on any atom is -0.507 e. The van der Waals surface area contributed by atoms with Crippen molar-refractivity contribution in [3.05, 3.63) is 50.7 Å². The number of hydrogen-bond donors (Lipinski definition) is 3. The van der Waals surface area contributed by atoms with Crippen molar-refractivity contribution in [2.24, 2.45) is 12.1 Å². The molecule has 0 amide bonds. The Morgan fingerprint density at radius 1 is 1.35 bits per heavy atom. The van der Waals surface area contributed by atoms with Crippen molar-refractivity contribution >= 4 is 23.3 Å². The molecule has 0 atom stereocenters. The van der Waals surface area contributed by atoms with Crippen LogP contribution in [0.15, 0.2) is 39.0 Å². The minimum atomic E-state index is -0.521. The van der Waals surface area contributed by atoms with E-state index in [-0.39, 0.29) is 11.4 Å². The third-order valence-corrected chi connectivity index (χ3v) is 4.05. The summed E-state index contributed by atoms with van der Waals surface area (Å²) in [5, 5.41) is 13.9. The number of nitrogens with zero attached hydrogens (tertiary/aromatic N) is 4. The Balaban J connectivity index is 2.03. The van der Waals surface area contributed by atoms with E-state index in [2.05, 4.69) is 20.5 Å². The molecule has 26 heavy (non-hydrogen) atoms. The molecule has 9 nitrogen and oxygen atoms in total. The molecule has 3 rings (SSSR count). The highest BCUT2D eigenvalue weighted by molar-refractivity contribution is 5.83. The lowest BCUT2D eigenvalue weighted by atomic mass is 10.2. The number of hydrazone groups is 1. The minimum absolute atomic E-state index is 0.108. The van der Waals surface area contributed by atoms with Crippen molar-refractivity contribution in [1.29, 1.82) is 0 Å². The van der Waals surface area contributed by atoms with Crippen LogP contribution in [0.3, 0.4) is 0 Å². The van der Waals surface area contributed by atoms with Gasteiger partial charge in [-0.05, 0) is 18.6 Å². The third kappa shape index (κ3) is 3.23. The number of aryl methyl sites for hydroxylation is 2. The number of nitrogens with one attached hydrogen (secondary N) is 2. The first-order chi connectivity index (χ1) is 12.5. The number of fused-ring (bicyclic) bond motifs is 1. The van der Waals surface area contributed by atoms with Crippen LogP contribution in [0.25, 0.3) is 11.2 Å². The van der Waals surface area contributed by atoms with E-state index >= 15 is 0 Å². The van der Waals surface area contributed by atoms with E-state index in [0.717, 1.165) is 12.8 Å². The van der Waals surface area contributed by atoms with E-state index in [1.165, 1.54) is 10.8 Å². The SMILES string of the molecule is CCCCn1c(N/N=C/c2ccccc2O)nc2c1c(=O)[nH]c(=O)n2C. The highest BCUT2D eigenvalue weighted by Gasteiger charge is 2.16. The first kappa shape index (κ1) is 17.5. The van der Waals surface area contributed by atoms with Crippen LogP contribution in [0.2, 0.25) is 0 Å². The number of aromatic nitrogens is 4. The fourth-order valence-electron chi connectivity index (χ4n) is 2.61. The fraction of sp³-hybridized carbons (Fsp3) is 0.294. The van der Waals surface area contributed by atoms with Crippen molar-refractivity contribution in [2.75, 3.05) is 5.43 Å². The standard InChI is InChI=1S/C17H20N6O3/c1-3-4-9-23-13-14(22(2)17(26)20-15(13)25)19-16(23)21-18-10-11-7-5-6-8-12(11)24/h5-8,10,24H,3-4,9H2,1-2H3,(H,19,21)(H,20,25,26)/b18-10+. The van der Waals surface area contributed by atoms with Gasteiger partial charge in [0, 0.05) is 19.2 Å². The average Bonchev–Trinajstić information content (AvgIpc) is 2.99. The molecule has 1 aromatic carbocycles. The van der Waals surface area contributed by atoms with Crippen molar-refractivity contribution in [1.82, 2.24) is 19.1 Å². The van der Waals surface area contributed by atoms with E-state index in [1.54, 1.807) is 35.9 Å². The summed E-state index contributed by atoms with van der Waals surface area (Å²) < 4.78 is 3.00. The molecule has 0 radical (unpaired) electrons. The van der Waals surface area contributed by atoms with Crippen molar-refractivity contribution < 1.29 is 5.11 Å². The van der Waals surface area contributed by atoms with Gasteiger partial charge in [0.25, 0.3) is 5.56 Å². The molecule has 0 saturated carbocycles. The van der Waals surface area contributed by atoms with Crippen LogP contribution in [-0.4, -0.2) is 30.4 Å². The summed E-state index contributed by atoms with van der Waals surface area (Å²) in [5.74, 6) is 0.461. The lowest BCUT2D eigenvalue weighted by molar-refractivity contribution is 0.474. The smallest absolute Gasteiger partial charge is 0.329 e. The average molecular weight is 356 g/mol. The van der Waals surface area contributed by atoms with Gasteiger partial charge in [0.2, 0.25) is 5.95 Å². The number of imidazole rings is 1. The molecule has 0 unspecified atom stereocenters. The molecule has 0 saturated heterocycles. The van der Waals surface area contributed by atoms with Crippen LogP contribution < -0.4 is 16.7 Å². The second kappa shape index (κ2) is 7.26. The number of rotatable bonds is 6. The molecule has 0 fully saturated rings. The van der Waals surface area contributed by atoms with Gasteiger partial charge in [-0.3, -0.25) is 14.3 Å². The number of phenolic OH excluding ortho intramolecular Hbond substituents is 1. The molecule has 2 heterocycles. The maximum absolute atomic E-state index is 12.3. The predicted octanol–water partition coefficient (Wildman–Crippen LogP) is 1.37. The Hall–Kier alpha value is -3.36. The topological polar surface area (TPSA) is 117 Å².